The lowest BCUT2D eigenvalue weighted by molar-refractivity contribution is -0.0831. The molecule has 0 aromatic heterocycles. The third-order valence-electron chi connectivity index (χ3n) is 3.73. The van der Waals surface area contributed by atoms with Gasteiger partial charge in [-0.25, -0.2) is 0 Å². The summed E-state index contributed by atoms with van der Waals surface area (Å²) in [6.07, 6.45) is 2.71. The van der Waals surface area contributed by atoms with Crippen LogP contribution in [0.3, 0.4) is 0 Å². The van der Waals surface area contributed by atoms with E-state index in [1.165, 1.54) is 0 Å². The minimum Gasteiger partial charge on any atom is -0.508 e. The molecular weight excluding hydrogens is 192 g/mol. The molecular formula is C12H14O3. The van der Waals surface area contributed by atoms with E-state index in [1.54, 1.807) is 18.2 Å². The van der Waals surface area contributed by atoms with E-state index >= 15 is 0 Å². The number of ether oxygens (including phenoxy) is 1. The van der Waals surface area contributed by atoms with Gasteiger partial charge in [0.15, 0.2) is 0 Å². The van der Waals surface area contributed by atoms with Crippen molar-refractivity contribution in [1.82, 2.24) is 0 Å². The first kappa shape index (κ1) is 9.04. The van der Waals surface area contributed by atoms with Crippen LogP contribution in [-0.4, -0.2) is 16.8 Å². The highest BCUT2D eigenvalue weighted by Crippen LogP contribution is 2.54. The van der Waals surface area contributed by atoms with Gasteiger partial charge in [0.2, 0.25) is 0 Å². The Morgan fingerprint density at radius 1 is 1.33 bits per heavy atom. The molecule has 1 spiro atoms. The highest BCUT2D eigenvalue weighted by molar-refractivity contribution is 5.43. The maximum absolute atomic E-state index is 10.3. The van der Waals surface area contributed by atoms with Gasteiger partial charge in [-0.1, -0.05) is 6.42 Å². The topological polar surface area (TPSA) is 49.7 Å². The zero-order valence-electron chi connectivity index (χ0n) is 8.44. The molecule has 1 heterocycles. The summed E-state index contributed by atoms with van der Waals surface area (Å²) in [7, 11) is 0. The van der Waals surface area contributed by atoms with Crippen LogP contribution in [0.4, 0.5) is 0 Å². The largest absolute Gasteiger partial charge is 0.508 e. The fourth-order valence-electron chi connectivity index (χ4n) is 2.56. The van der Waals surface area contributed by atoms with Gasteiger partial charge in [0.25, 0.3) is 0 Å². The minimum atomic E-state index is -0.484. The summed E-state index contributed by atoms with van der Waals surface area (Å²) >= 11 is 0. The molecule has 0 amide bonds. The lowest BCUT2D eigenvalue weighted by Gasteiger charge is -2.48. The van der Waals surface area contributed by atoms with E-state index in [9.17, 15) is 10.2 Å². The van der Waals surface area contributed by atoms with Gasteiger partial charge in [0, 0.05) is 11.0 Å². The van der Waals surface area contributed by atoms with Crippen molar-refractivity contribution in [1.29, 1.82) is 0 Å². The molecule has 1 saturated carbocycles. The third-order valence-corrected chi connectivity index (χ3v) is 3.73. The summed E-state index contributed by atoms with van der Waals surface area (Å²) in [5.74, 6) is 0.894. The van der Waals surface area contributed by atoms with E-state index in [0.717, 1.165) is 24.8 Å². The second-order valence-corrected chi connectivity index (χ2v) is 4.63. The molecule has 0 radical (unpaired) electrons. The Morgan fingerprint density at radius 2 is 2.13 bits per heavy atom. The number of aliphatic hydroxyl groups excluding tert-OH is 1. The number of rotatable bonds is 0. The summed E-state index contributed by atoms with van der Waals surface area (Å²) in [6, 6.07) is 4.92. The fraction of sp³-hybridized carbons (Fsp3) is 0.500. The second-order valence-electron chi connectivity index (χ2n) is 4.63. The molecule has 1 fully saturated rings. The summed E-state index contributed by atoms with van der Waals surface area (Å²) < 4.78 is 5.64. The van der Waals surface area contributed by atoms with E-state index in [4.69, 9.17) is 4.74 Å². The molecule has 1 aliphatic carbocycles. The van der Waals surface area contributed by atoms with Crippen LogP contribution in [0.15, 0.2) is 18.2 Å². The maximum Gasteiger partial charge on any atom is 0.125 e. The van der Waals surface area contributed by atoms with Gasteiger partial charge in [-0.3, -0.25) is 0 Å². The summed E-state index contributed by atoms with van der Waals surface area (Å²) in [5.41, 5.74) is 0.654. The van der Waals surface area contributed by atoms with Crippen molar-refractivity contribution in [3.8, 4) is 11.5 Å². The van der Waals surface area contributed by atoms with Gasteiger partial charge in [0.1, 0.15) is 11.5 Å². The monoisotopic (exact) mass is 206 g/mol. The van der Waals surface area contributed by atoms with Crippen LogP contribution in [0.1, 0.15) is 30.9 Å². The molecule has 1 atom stereocenters. The molecule has 1 aromatic rings. The van der Waals surface area contributed by atoms with Gasteiger partial charge >= 0.3 is 0 Å². The number of phenolic OH excluding ortho intramolecular Hbond substituents is 1. The Kier molecular flexibility index (Phi) is 1.74. The Labute approximate surface area is 88.3 Å². The predicted molar refractivity (Wildman–Crippen MR) is 54.8 cm³/mol. The first-order valence-corrected chi connectivity index (χ1v) is 5.35. The van der Waals surface area contributed by atoms with Crippen LogP contribution in [0.2, 0.25) is 0 Å². The number of aliphatic hydroxyl groups is 1. The van der Waals surface area contributed by atoms with Gasteiger partial charge in [0.05, 0.1) is 12.7 Å². The van der Waals surface area contributed by atoms with Gasteiger partial charge in [-0.05, 0) is 31.0 Å². The Hall–Kier alpha value is -1.22. The highest BCUT2D eigenvalue weighted by Gasteiger charge is 2.48. The number of aromatic hydroxyl groups is 1. The van der Waals surface area contributed by atoms with Crippen molar-refractivity contribution in [3.05, 3.63) is 23.8 Å². The van der Waals surface area contributed by atoms with Gasteiger partial charge in [-0.15, -0.1) is 0 Å². The summed E-state index contributed by atoms with van der Waals surface area (Å²) in [6.45, 7) is 0.603. The van der Waals surface area contributed by atoms with Crippen molar-refractivity contribution >= 4 is 0 Å². The fourth-order valence-corrected chi connectivity index (χ4v) is 2.56. The molecule has 2 N–H and O–H groups in total. The van der Waals surface area contributed by atoms with Crippen LogP contribution < -0.4 is 4.74 Å². The van der Waals surface area contributed by atoms with E-state index in [0.29, 0.717) is 12.4 Å². The van der Waals surface area contributed by atoms with Crippen LogP contribution in [0, 0.1) is 5.41 Å². The van der Waals surface area contributed by atoms with Crippen LogP contribution in [0.5, 0.6) is 11.5 Å². The molecule has 3 nitrogen and oxygen atoms in total. The second kappa shape index (κ2) is 2.89. The minimum absolute atomic E-state index is 0.0825. The van der Waals surface area contributed by atoms with Crippen molar-refractivity contribution in [2.75, 3.05) is 6.61 Å². The molecule has 0 saturated heterocycles. The number of hydrogen-bond acceptors (Lipinski definition) is 3. The van der Waals surface area contributed by atoms with Gasteiger partial charge in [-0.2, -0.15) is 0 Å². The number of hydrogen-bond donors (Lipinski definition) is 2. The third kappa shape index (κ3) is 1.16. The standard InChI is InChI=1S/C12H14O3/c13-8-2-3-10-9(6-8)11(14)12(7-15-10)4-1-5-12/h2-3,6,11,13-14H,1,4-5,7H2. The molecule has 15 heavy (non-hydrogen) atoms. The predicted octanol–water partition coefficient (Wildman–Crippen LogP) is 1.99. The first-order valence-electron chi connectivity index (χ1n) is 5.35. The molecule has 1 aromatic carbocycles. The lowest BCUT2D eigenvalue weighted by Crippen LogP contribution is -2.44. The summed E-state index contributed by atoms with van der Waals surface area (Å²) in [4.78, 5) is 0. The number of fused-ring (bicyclic) bond motifs is 1. The van der Waals surface area contributed by atoms with Crippen molar-refractivity contribution in [2.24, 2.45) is 5.41 Å². The van der Waals surface area contributed by atoms with Crippen LogP contribution in [0.25, 0.3) is 0 Å². The average molecular weight is 206 g/mol. The smallest absolute Gasteiger partial charge is 0.125 e. The number of phenols is 1. The van der Waals surface area contributed by atoms with Gasteiger partial charge < -0.3 is 14.9 Å². The molecule has 0 bridgehead atoms. The van der Waals surface area contributed by atoms with Crippen molar-refractivity contribution in [2.45, 2.75) is 25.4 Å². The Morgan fingerprint density at radius 3 is 2.80 bits per heavy atom. The molecule has 2 aliphatic rings. The zero-order chi connectivity index (χ0) is 10.5. The molecule has 80 valence electrons. The van der Waals surface area contributed by atoms with Crippen LogP contribution in [-0.2, 0) is 0 Å². The van der Waals surface area contributed by atoms with Crippen molar-refractivity contribution < 1.29 is 14.9 Å². The maximum atomic E-state index is 10.3. The van der Waals surface area contributed by atoms with Crippen molar-refractivity contribution in [3.63, 3.8) is 0 Å². The normalized spacial score (nSPS) is 26.6. The number of benzene rings is 1. The molecule has 3 rings (SSSR count). The highest BCUT2D eigenvalue weighted by atomic mass is 16.5. The molecule has 3 heteroatoms. The Bertz CT molecular complexity index is 396. The Balaban J connectivity index is 2.04. The van der Waals surface area contributed by atoms with E-state index in [-0.39, 0.29) is 11.2 Å². The van der Waals surface area contributed by atoms with E-state index < -0.39 is 6.10 Å². The average Bonchev–Trinajstić information content (AvgIpc) is 2.17. The molecule has 1 unspecified atom stereocenters. The van der Waals surface area contributed by atoms with E-state index in [2.05, 4.69) is 0 Å². The lowest BCUT2D eigenvalue weighted by atomic mass is 9.63. The molecule has 1 aliphatic heterocycles. The first-order chi connectivity index (χ1) is 7.21. The SMILES string of the molecule is Oc1ccc2c(c1)C(O)C1(CCC1)CO2. The quantitative estimate of drug-likeness (QED) is 0.682. The van der Waals surface area contributed by atoms with Crippen LogP contribution >= 0.6 is 0 Å². The zero-order valence-corrected chi connectivity index (χ0v) is 8.44. The van der Waals surface area contributed by atoms with E-state index in [1.807, 2.05) is 0 Å². The summed E-state index contributed by atoms with van der Waals surface area (Å²) in [5, 5.41) is 19.7.